The Kier molecular flexibility index (Phi) is 4.74. The molecule has 0 bridgehead atoms. The zero-order valence-electron chi connectivity index (χ0n) is 13.5. The minimum Gasteiger partial charge on any atom is -0.472 e. The van der Waals surface area contributed by atoms with E-state index in [-0.39, 0.29) is 6.10 Å². The Morgan fingerprint density at radius 3 is 2.95 bits per heavy atom. The van der Waals surface area contributed by atoms with Crippen molar-refractivity contribution in [3.63, 3.8) is 0 Å². The molecule has 0 spiro atoms. The largest absolute Gasteiger partial charge is 0.472 e. The van der Waals surface area contributed by atoms with E-state index in [1.165, 1.54) is 11.1 Å². The van der Waals surface area contributed by atoms with Crippen LogP contribution in [0.2, 0.25) is 0 Å². The summed E-state index contributed by atoms with van der Waals surface area (Å²) in [6, 6.07) is 2.20. The van der Waals surface area contributed by atoms with E-state index < -0.39 is 0 Å². The number of hydrogen-bond acceptors (Lipinski definition) is 5. The summed E-state index contributed by atoms with van der Waals surface area (Å²) in [5, 5.41) is 4.37. The van der Waals surface area contributed by atoms with Crippen LogP contribution < -0.4 is 4.74 Å². The number of thiophene rings is 1. The third-order valence-electron chi connectivity index (χ3n) is 3.99. The molecule has 0 aromatic carbocycles. The normalized spacial score (nSPS) is 16.8. The van der Waals surface area contributed by atoms with Crippen molar-refractivity contribution < 1.29 is 4.74 Å². The van der Waals surface area contributed by atoms with Crippen molar-refractivity contribution in [2.24, 2.45) is 0 Å². The third-order valence-corrected chi connectivity index (χ3v) is 4.72. The van der Waals surface area contributed by atoms with Crippen molar-refractivity contribution in [1.29, 1.82) is 0 Å². The van der Waals surface area contributed by atoms with Crippen LogP contribution in [0, 0.1) is 13.8 Å². The molecule has 1 aliphatic rings. The quantitative estimate of drug-likeness (QED) is 0.819. The van der Waals surface area contributed by atoms with Crippen LogP contribution >= 0.6 is 11.3 Å². The Labute approximate surface area is 136 Å². The lowest BCUT2D eigenvalue weighted by molar-refractivity contribution is 0.142. The Bertz CT molecular complexity index is 627. The second-order valence-corrected chi connectivity index (χ2v) is 6.73. The summed E-state index contributed by atoms with van der Waals surface area (Å²) < 4.78 is 6.07. The Morgan fingerprint density at radius 2 is 2.23 bits per heavy atom. The van der Waals surface area contributed by atoms with Crippen molar-refractivity contribution in [3.05, 3.63) is 39.5 Å². The van der Waals surface area contributed by atoms with E-state index in [9.17, 15) is 0 Å². The van der Waals surface area contributed by atoms with Crippen LogP contribution in [0.25, 0.3) is 0 Å². The molecule has 2 aromatic rings. The molecule has 4 nitrogen and oxygen atoms in total. The number of aromatic nitrogens is 2. The molecule has 0 radical (unpaired) electrons. The molecule has 22 heavy (non-hydrogen) atoms. The fourth-order valence-electron chi connectivity index (χ4n) is 3.05. The van der Waals surface area contributed by atoms with Gasteiger partial charge in [0.1, 0.15) is 11.9 Å². The maximum absolute atomic E-state index is 6.07. The number of aryl methyl sites for hydroxylation is 2. The monoisotopic (exact) mass is 317 g/mol. The van der Waals surface area contributed by atoms with Crippen molar-refractivity contribution in [3.8, 4) is 5.88 Å². The van der Waals surface area contributed by atoms with Gasteiger partial charge in [-0.05, 0) is 49.2 Å². The van der Waals surface area contributed by atoms with Gasteiger partial charge in [-0.1, -0.05) is 6.92 Å². The van der Waals surface area contributed by atoms with E-state index in [0.29, 0.717) is 0 Å². The van der Waals surface area contributed by atoms with Gasteiger partial charge in [-0.15, -0.1) is 0 Å². The summed E-state index contributed by atoms with van der Waals surface area (Å²) >= 11 is 1.76. The highest BCUT2D eigenvalue weighted by atomic mass is 32.1. The molecule has 0 saturated heterocycles. The van der Waals surface area contributed by atoms with E-state index >= 15 is 0 Å². The van der Waals surface area contributed by atoms with Gasteiger partial charge < -0.3 is 4.74 Å². The van der Waals surface area contributed by atoms with Gasteiger partial charge in [-0.25, -0.2) is 4.98 Å². The SMILES string of the molecule is CCCN(Cc1ccsc1)C[C@@H]1Cc2c(C)nc(C)nc2O1. The number of fused-ring (bicyclic) bond motifs is 1. The molecule has 2 aromatic heterocycles. The van der Waals surface area contributed by atoms with Gasteiger partial charge >= 0.3 is 0 Å². The maximum atomic E-state index is 6.07. The molecule has 0 N–H and O–H groups in total. The van der Waals surface area contributed by atoms with Crippen molar-refractivity contribution in [1.82, 2.24) is 14.9 Å². The first-order valence-corrected chi connectivity index (χ1v) is 8.84. The van der Waals surface area contributed by atoms with Gasteiger partial charge in [-0.2, -0.15) is 16.3 Å². The Hall–Kier alpha value is -1.46. The predicted molar refractivity (Wildman–Crippen MR) is 89.5 cm³/mol. The zero-order chi connectivity index (χ0) is 15.5. The highest BCUT2D eigenvalue weighted by Crippen LogP contribution is 2.29. The molecule has 118 valence electrons. The zero-order valence-corrected chi connectivity index (χ0v) is 14.3. The molecule has 0 aliphatic carbocycles. The molecule has 3 heterocycles. The summed E-state index contributed by atoms with van der Waals surface area (Å²) in [6.07, 6.45) is 2.27. The van der Waals surface area contributed by atoms with E-state index in [4.69, 9.17) is 4.74 Å². The van der Waals surface area contributed by atoms with Gasteiger partial charge in [0, 0.05) is 30.8 Å². The second kappa shape index (κ2) is 6.75. The number of hydrogen-bond donors (Lipinski definition) is 0. The summed E-state index contributed by atoms with van der Waals surface area (Å²) in [7, 11) is 0. The number of rotatable bonds is 6. The van der Waals surface area contributed by atoms with Crippen molar-refractivity contribution in [2.45, 2.75) is 46.3 Å². The predicted octanol–water partition coefficient (Wildman–Crippen LogP) is 3.37. The molecule has 0 fully saturated rings. The van der Waals surface area contributed by atoms with Gasteiger partial charge in [0.2, 0.25) is 5.88 Å². The first-order valence-electron chi connectivity index (χ1n) is 7.90. The fraction of sp³-hybridized carbons (Fsp3) is 0.529. The van der Waals surface area contributed by atoms with Gasteiger partial charge in [0.15, 0.2) is 0 Å². The Balaban J connectivity index is 1.66. The van der Waals surface area contributed by atoms with Gasteiger partial charge in [0.05, 0.1) is 0 Å². The highest BCUT2D eigenvalue weighted by Gasteiger charge is 2.28. The average molecular weight is 317 g/mol. The summed E-state index contributed by atoms with van der Waals surface area (Å²) in [5.74, 6) is 1.59. The smallest absolute Gasteiger partial charge is 0.220 e. The molecule has 0 amide bonds. The maximum Gasteiger partial charge on any atom is 0.220 e. The molecule has 1 atom stereocenters. The van der Waals surface area contributed by atoms with Crippen LogP contribution in [0.1, 0.15) is 36.0 Å². The van der Waals surface area contributed by atoms with Crippen LogP contribution in [-0.4, -0.2) is 34.1 Å². The summed E-state index contributed by atoms with van der Waals surface area (Å²) in [4.78, 5) is 11.4. The standard InChI is InChI=1S/C17H23N3OS/c1-4-6-20(9-14-5-7-22-11-14)10-15-8-16-12(2)18-13(3)19-17(16)21-15/h5,7,11,15H,4,6,8-10H2,1-3H3/t15-/m0/s1. The first-order chi connectivity index (χ1) is 10.7. The van der Waals surface area contributed by atoms with Crippen LogP contribution in [-0.2, 0) is 13.0 Å². The molecule has 1 aliphatic heterocycles. The Morgan fingerprint density at radius 1 is 1.36 bits per heavy atom. The average Bonchev–Trinajstić information content (AvgIpc) is 3.08. The van der Waals surface area contributed by atoms with E-state index in [1.807, 2.05) is 6.92 Å². The molecule has 3 rings (SSSR count). The molecular formula is C17H23N3OS. The van der Waals surface area contributed by atoms with E-state index in [2.05, 4.69) is 45.5 Å². The number of ether oxygens (including phenoxy) is 1. The van der Waals surface area contributed by atoms with Gasteiger partial charge in [-0.3, -0.25) is 4.90 Å². The van der Waals surface area contributed by atoms with E-state index in [0.717, 1.165) is 49.9 Å². The lowest BCUT2D eigenvalue weighted by atomic mass is 10.1. The lowest BCUT2D eigenvalue weighted by Gasteiger charge is -2.24. The van der Waals surface area contributed by atoms with Gasteiger partial charge in [0.25, 0.3) is 0 Å². The first kappa shape index (κ1) is 15.4. The minimum atomic E-state index is 0.190. The fourth-order valence-corrected chi connectivity index (χ4v) is 3.71. The second-order valence-electron chi connectivity index (χ2n) is 5.95. The van der Waals surface area contributed by atoms with Crippen LogP contribution in [0.15, 0.2) is 16.8 Å². The van der Waals surface area contributed by atoms with E-state index in [1.54, 1.807) is 11.3 Å². The molecular weight excluding hydrogens is 294 g/mol. The van der Waals surface area contributed by atoms with Crippen molar-refractivity contribution in [2.75, 3.05) is 13.1 Å². The summed E-state index contributed by atoms with van der Waals surface area (Å²) in [6.45, 7) is 9.23. The lowest BCUT2D eigenvalue weighted by Crippen LogP contribution is -2.35. The topological polar surface area (TPSA) is 38.2 Å². The number of nitrogens with zero attached hydrogens (tertiary/aromatic N) is 3. The van der Waals surface area contributed by atoms with Crippen LogP contribution in [0.4, 0.5) is 0 Å². The highest BCUT2D eigenvalue weighted by molar-refractivity contribution is 7.07. The molecule has 0 saturated carbocycles. The third kappa shape index (κ3) is 3.47. The van der Waals surface area contributed by atoms with Crippen LogP contribution in [0.5, 0.6) is 5.88 Å². The minimum absolute atomic E-state index is 0.190. The summed E-state index contributed by atoms with van der Waals surface area (Å²) in [5.41, 5.74) is 3.63. The van der Waals surface area contributed by atoms with Crippen molar-refractivity contribution >= 4 is 11.3 Å². The van der Waals surface area contributed by atoms with Crippen LogP contribution in [0.3, 0.4) is 0 Å². The molecule has 0 unspecified atom stereocenters. The molecule has 5 heteroatoms.